The number of pyridine rings is 1. The Hall–Kier alpha value is -1.62. The maximum absolute atomic E-state index is 11.6. The number of nitrogens with zero attached hydrogens (tertiary/aromatic N) is 1. The molecular weight excluding hydrogens is 218 g/mol. The van der Waals surface area contributed by atoms with Gasteiger partial charge in [0.2, 0.25) is 0 Å². The number of hydrogen-bond acceptors (Lipinski definition) is 4. The highest BCUT2D eigenvalue weighted by Crippen LogP contribution is 2.02. The van der Waals surface area contributed by atoms with Crippen molar-refractivity contribution in [2.45, 2.75) is 19.8 Å². The van der Waals surface area contributed by atoms with Crippen molar-refractivity contribution >= 4 is 11.6 Å². The number of rotatable bonds is 7. The highest BCUT2D eigenvalue weighted by Gasteiger charge is 2.05. The first-order valence-electron chi connectivity index (χ1n) is 5.81. The normalized spacial score (nSPS) is 10.2. The molecule has 0 aromatic carbocycles. The van der Waals surface area contributed by atoms with Crippen LogP contribution in [0.15, 0.2) is 18.3 Å². The molecule has 1 heterocycles. The molecule has 0 unspecified atom stereocenters. The van der Waals surface area contributed by atoms with Crippen molar-refractivity contribution in [1.82, 2.24) is 10.3 Å². The molecule has 0 aliphatic carbocycles. The van der Waals surface area contributed by atoms with Gasteiger partial charge in [-0.15, -0.1) is 0 Å². The summed E-state index contributed by atoms with van der Waals surface area (Å²) in [6, 6.07) is 3.19. The maximum Gasteiger partial charge on any atom is 0.270 e. The van der Waals surface area contributed by atoms with E-state index >= 15 is 0 Å². The molecular formula is C12H19N3O2. The molecule has 0 saturated carbocycles. The molecule has 3 N–H and O–H groups in total. The molecule has 0 aliphatic rings. The van der Waals surface area contributed by atoms with Crippen LogP contribution < -0.4 is 11.1 Å². The van der Waals surface area contributed by atoms with Gasteiger partial charge in [-0.05, 0) is 18.6 Å². The molecule has 1 aromatic rings. The van der Waals surface area contributed by atoms with Gasteiger partial charge >= 0.3 is 0 Å². The molecule has 0 radical (unpaired) electrons. The predicted molar refractivity (Wildman–Crippen MR) is 66.7 cm³/mol. The van der Waals surface area contributed by atoms with Crippen LogP contribution in [0.25, 0.3) is 0 Å². The standard InChI is InChI=1S/C12H19N3O2/c1-2-3-7-17-8-6-15-12(16)11-9-10(13)4-5-14-11/h4-5,9H,2-3,6-8H2,1H3,(H2,13,14)(H,15,16). The SMILES string of the molecule is CCCCOCCNC(=O)c1cc(N)ccn1. The molecule has 0 saturated heterocycles. The van der Waals surface area contributed by atoms with Crippen molar-refractivity contribution in [3.8, 4) is 0 Å². The fourth-order valence-corrected chi connectivity index (χ4v) is 1.25. The van der Waals surface area contributed by atoms with Crippen molar-refractivity contribution in [2.24, 2.45) is 0 Å². The Bertz CT molecular complexity index is 355. The average molecular weight is 237 g/mol. The molecule has 0 fully saturated rings. The van der Waals surface area contributed by atoms with Crippen LogP contribution in [-0.4, -0.2) is 30.6 Å². The number of carbonyl (C=O) groups excluding carboxylic acids is 1. The number of nitrogen functional groups attached to an aromatic ring is 1. The number of aromatic nitrogens is 1. The van der Waals surface area contributed by atoms with E-state index in [4.69, 9.17) is 10.5 Å². The summed E-state index contributed by atoms with van der Waals surface area (Å²) in [4.78, 5) is 15.5. The summed E-state index contributed by atoms with van der Waals surface area (Å²) in [6.07, 6.45) is 3.67. The lowest BCUT2D eigenvalue weighted by atomic mass is 10.3. The van der Waals surface area contributed by atoms with Crippen LogP contribution >= 0.6 is 0 Å². The van der Waals surface area contributed by atoms with Crippen molar-refractivity contribution in [1.29, 1.82) is 0 Å². The van der Waals surface area contributed by atoms with Crippen molar-refractivity contribution < 1.29 is 9.53 Å². The number of ether oxygens (including phenoxy) is 1. The number of nitrogens with one attached hydrogen (secondary N) is 1. The number of nitrogens with two attached hydrogens (primary N) is 1. The van der Waals surface area contributed by atoms with Gasteiger partial charge in [-0.1, -0.05) is 13.3 Å². The molecule has 0 atom stereocenters. The van der Waals surface area contributed by atoms with Gasteiger partial charge in [0.15, 0.2) is 0 Å². The Morgan fingerprint density at radius 2 is 2.35 bits per heavy atom. The lowest BCUT2D eigenvalue weighted by molar-refractivity contribution is 0.0908. The third kappa shape index (κ3) is 5.31. The van der Waals surface area contributed by atoms with E-state index in [-0.39, 0.29) is 5.91 Å². The van der Waals surface area contributed by atoms with Gasteiger partial charge in [-0.3, -0.25) is 9.78 Å². The highest BCUT2D eigenvalue weighted by molar-refractivity contribution is 5.92. The summed E-state index contributed by atoms with van der Waals surface area (Å²) in [5.74, 6) is -0.226. The maximum atomic E-state index is 11.6. The fourth-order valence-electron chi connectivity index (χ4n) is 1.25. The second kappa shape index (κ2) is 7.62. The lowest BCUT2D eigenvalue weighted by Crippen LogP contribution is -2.28. The average Bonchev–Trinajstić information content (AvgIpc) is 2.33. The first-order chi connectivity index (χ1) is 8.24. The van der Waals surface area contributed by atoms with E-state index in [9.17, 15) is 4.79 Å². The number of unbranched alkanes of at least 4 members (excludes halogenated alkanes) is 1. The van der Waals surface area contributed by atoms with Gasteiger partial charge in [0.1, 0.15) is 5.69 Å². The quantitative estimate of drug-likeness (QED) is 0.699. The van der Waals surface area contributed by atoms with E-state index in [2.05, 4.69) is 17.2 Å². The van der Waals surface area contributed by atoms with Gasteiger partial charge in [-0.25, -0.2) is 0 Å². The van der Waals surface area contributed by atoms with Gasteiger partial charge in [0, 0.05) is 25.0 Å². The Kier molecular flexibility index (Phi) is 6.03. The zero-order valence-electron chi connectivity index (χ0n) is 10.1. The molecule has 5 heteroatoms. The van der Waals surface area contributed by atoms with Crippen molar-refractivity contribution in [2.75, 3.05) is 25.5 Å². The van der Waals surface area contributed by atoms with Crippen LogP contribution in [0, 0.1) is 0 Å². The van der Waals surface area contributed by atoms with Gasteiger partial charge < -0.3 is 15.8 Å². The zero-order valence-corrected chi connectivity index (χ0v) is 10.1. The molecule has 1 aromatic heterocycles. The zero-order chi connectivity index (χ0) is 12.5. The molecule has 94 valence electrons. The number of anilines is 1. The minimum Gasteiger partial charge on any atom is -0.399 e. The minimum atomic E-state index is -0.226. The Morgan fingerprint density at radius 1 is 1.53 bits per heavy atom. The third-order valence-corrected chi connectivity index (χ3v) is 2.19. The van der Waals surface area contributed by atoms with Crippen LogP contribution in [0.3, 0.4) is 0 Å². The van der Waals surface area contributed by atoms with Gasteiger partial charge in [0.05, 0.1) is 6.61 Å². The van der Waals surface area contributed by atoms with Crippen molar-refractivity contribution in [3.63, 3.8) is 0 Å². The molecule has 1 amide bonds. The summed E-state index contributed by atoms with van der Waals surface area (Å²) >= 11 is 0. The van der Waals surface area contributed by atoms with E-state index < -0.39 is 0 Å². The monoisotopic (exact) mass is 237 g/mol. The first kappa shape index (κ1) is 13.4. The molecule has 0 spiro atoms. The summed E-state index contributed by atoms with van der Waals surface area (Å²) in [7, 11) is 0. The minimum absolute atomic E-state index is 0.226. The molecule has 17 heavy (non-hydrogen) atoms. The van der Waals surface area contributed by atoms with E-state index in [0.717, 1.165) is 19.4 Å². The van der Waals surface area contributed by atoms with E-state index in [1.807, 2.05) is 0 Å². The summed E-state index contributed by atoms with van der Waals surface area (Å²) in [6.45, 7) is 3.85. The summed E-state index contributed by atoms with van der Waals surface area (Å²) in [5, 5.41) is 2.72. The van der Waals surface area contributed by atoms with Crippen molar-refractivity contribution in [3.05, 3.63) is 24.0 Å². The van der Waals surface area contributed by atoms with Crippen LogP contribution in [0.5, 0.6) is 0 Å². The second-order valence-corrected chi connectivity index (χ2v) is 3.70. The van der Waals surface area contributed by atoms with E-state index in [0.29, 0.717) is 24.5 Å². The fraction of sp³-hybridized carbons (Fsp3) is 0.500. The largest absolute Gasteiger partial charge is 0.399 e. The second-order valence-electron chi connectivity index (χ2n) is 3.70. The highest BCUT2D eigenvalue weighted by atomic mass is 16.5. The lowest BCUT2D eigenvalue weighted by Gasteiger charge is -2.05. The first-order valence-corrected chi connectivity index (χ1v) is 5.81. The van der Waals surface area contributed by atoms with Gasteiger partial charge in [0.25, 0.3) is 5.91 Å². The van der Waals surface area contributed by atoms with Crippen LogP contribution in [0.2, 0.25) is 0 Å². The molecule has 5 nitrogen and oxygen atoms in total. The van der Waals surface area contributed by atoms with Crippen LogP contribution in [-0.2, 0) is 4.74 Å². The number of hydrogen-bond donors (Lipinski definition) is 2. The summed E-state index contributed by atoms with van der Waals surface area (Å²) in [5.41, 5.74) is 6.43. The Labute approximate surface area is 101 Å². The van der Waals surface area contributed by atoms with Crippen LogP contribution in [0.1, 0.15) is 30.3 Å². The van der Waals surface area contributed by atoms with Crippen LogP contribution in [0.4, 0.5) is 5.69 Å². The molecule has 0 aliphatic heterocycles. The third-order valence-electron chi connectivity index (χ3n) is 2.19. The number of amides is 1. The van der Waals surface area contributed by atoms with E-state index in [1.165, 1.54) is 6.20 Å². The smallest absolute Gasteiger partial charge is 0.270 e. The van der Waals surface area contributed by atoms with Gasteiger partial charge in [-0.2, -0.15) is 0 Å². The summed E-state index contributed by atoms with van der Waals surface area (Å²) < 4.78 is 5.32. The predicted octanol–water partition coefficient (Wildman–Crippen LogP) is 1.21. The van der Waals surface area contributed by atoms with E-state index in [1.54, 1.807) is 12.1 Å². The number of carbonyl (C=O) groups is 1. The molecule has 1 rings (SSSR count). The topological polar surface area (TPSA) is 77.2 Å². The Morgan fingerprint density at radius 3 is 3.06 bits per heavy atom. The Balaban J connectivity index is 2.21. The molecule has 0 bridgehead atoms.